The number of aromatic nitrogens is 2. The van der Waals surface area contributed by atoms with E-state index in [9.17, 15) is 4.79 Å². The topological polar surface area (TPSA) is 69.8 Å². The number of aromatic amines is 1. The van der Waals surface area contributed by atoms with Gasteiger partial charge in [-0.05, 0) is 44.7 Å². The molecule has 0 saturated heterocycles. The molecule has 1 aliphatic rings. The van der Waals surface area contributed by atoms with E-state index in [1.165, 1.54) is 12.8 Å². The first kappa shape index (κ1) is 13.0. The lowest BCUT2D eigenvalue weighted by Gasteiger charge is -2.24. The quantitative estimate of drug-likeness (QED) is 0.800. The van der Waals surface area contributed by atoms with E-state index in [1.807, 2.05) is 38.1 Å². The molecule has 0 aliphatic heterocycles. The molecule has 0 unspecified atom stereocenters. The van der Waals surface area contributed by atoms with E-state index in [0.29, 0.717) is 5.92 Å². The fourth-order valence-corrected chi connectivity index (χ4v) is 2.20. The number of hydrogen-bond acceptors (Lipinski definition) is 2. The zero-order valence-corrected chi connectivity index (χ0v) is 11.9. The van der Waals surface area contributed by atoms with Crippen molar-refractivity contribution in [3.8, 4) is 0 Å². The summed E-state index contributed by atoms with van der Waals surface area (Å²) in [7, 11) is 0. The van der Waals surface area contributed by atoms with E-state index in [4.69, 9.17) is 0 Å². The summed E-state index contributed by atoms with van der Waals surface area (Å²) in [5.41, 5.74) is 1.36. The van der Waals surface area contributed by atoms with Gasteiger partial charge in [0.05, 0.1) is 16.6 Å². The normalized spacial score (nSPS) is 15.3. The highest BCUT2D eigenvalue weighted by Crippen LogP contribution is 2.27. The van der Waals surface area contributed by atoms with Crippen LogP contribution in [0, 0.1) is 5.92 Å². The van der Waals surface area contributed by atoms with Crippen LogP contribution in [0.25, 0.3) is 11.0 Å². The molecule has 1 aromatic heterocycles. The Kier molecular flexibility index (Phi) is 3.12. The molecular weight excluding hydrogens is 252 g/mol. The average molecular weight is 272 g/mol. The summed E-state index contributed by atoms with van der Waals surface area (Å²) in [4.78, 5) is 19.7. The van der Waals surface area contributed by atoms with Crippen molar-refractivity contribution in [2.75, 3.05) is 6.54 Å². The van der Waals surface area contributed by atoms with Crippen molar-refractivity contribution in [1.29, 1.82) is 0 Å². The number of fused-ring (bicyclic) bond motifs is 1. The van der Waals surface area contributed by atoms with Crippen LogP contribution in [-0.4, -0.2) is 22.5 Å². The highest BCUT2D eigenvalue weighted by Gasteiger charge is 2.27. The largest absolute Gasteiger partial charge is 0.340 e. The number of H-pyrrole nitrogens is 1. The van der Waals surface area contributed by atoms with Gasteiger partial charge in [0.25, 0.3) is 0 Å². The van der Waals surface area contributed by atoms with E-state index >= 15 is 0 Å². The monoisotopic (exact) mass is 272 g/mol. The van der Waals surface area contributed by atoms with Gasteiger partial charge in [-0.2, -0.15) is 0 Å². The number of benzene rings is 1. The molecule has 3 N–H and O–H groups in total. The maximum absolute atomic E-state index is 11.9. The molecule has 5 nitrogen and oxygen atoms in total. The standard InChI is InChI=1S/C15H20N4O/c1-15(2,19-14(20)16-9-10-7-8-10)13-17-11-5-3-4-6-12(11)18-13/h3-6,10H,7-9H2,1-2H3,(H,17,18)(H2,16,19,20). The second-order valence-electron chi connectivity index (χ2n) is 6.01. The van der Waals surface area contributed by atoms with Gasteiger partial charge in [-0.25, -0.2) is 9.78 Å². The van der Waals surface area contributed by atoms with Crippen molar-refractivity contribution in [1.82, 2.24) is 20.6 Å². The van der Waals surface area contributed by atoms with Gasteiger partial charge in [0, 0.05) is 6.54 Å². The van der Waals surface area contributed by atoms with Crippen LogP contribution in [0.5, 0.6) is 0 Å². The van der Waals surface area contributed by atoms with Crippen molar-refractivity contribution in [2.24, 2.45) is 5.92 Å². The van der Waals surface area contributed by atoms with E-state index in [2.05, 4.69) is 20.6 Å². The highest BCUT2D eigenvalue weighted by molar-refractivity contribution is 5.77. The molecule has 5 heteroatoms. The summed E-state index contributed by atoms with van der Waals surface area (Å²) >= 11 is 0. The Hall–Kier alpha value is -2.04. The fraction of sp³-hybridized carbons (Fsp3) is 0.467. The number of nitrogens with zero attached hydrogens (tertiary/aromatic N) is 1. The number of carbonyl (C=O) groups is 1. The number of rotatable bonds is 4. The summed E-state index contributed by atoms with van der Waals surface area (Å²) in [6.45, 7) is 4.66. The molecule has 2 aromatic rings. The first-order chi connectivity index (χ1) is 9.54. The number of carbonyl (C=O) groups excluding carboxylic acids is 1. The number of para-hydroxylation sites is 2. The van der Waals surface area contributed by atoms with Crippen LogP contribution in [-0.2, 0) is 5.54 Å². The average Bonchev–Trinajstić information content (AvgIpc) is 3.12. The van der Waals surface area contributed by atoms with E-state index in [-0.39, 0.29) is 6.03 Å². The first-order valence-corrected chi connectivity index (χ1v) is 7.06. The van der Waals surface area contributed by atoms with Crippen LogP contribution in [0.4, 0.5) is 4.79 Å². The minimum atomic E-state index is -0.535. The molecule has 1 fully saturated rings. The Morgan fingerprint density at radius 2 is 2.15 bits per heavy atom. The van der Waals surface area contributed by atoms with Crippen molar-refractivity contribution >= 4 is 17.1 Å². The molecule has 106 valence electrons. The number of imidazole rings is 1. The number of urea groups is 1. The van der Waals surface area contributed by atoms with Crippen molar-refractivity contribution in [2.45, 2.75) is 32.2 Å². The van der Waals surface area contributed by atoms with Crippen LogP contribution >= 0.6 is 0 Å². The SMILES string of the molecule is CC(C)(NC(=O)NCC1CC1)c1nc2ccccc2[nH]1. The molecular formula is C15H20N4O. The van der Waals surface area contributed by atoms with Crippen molar-refractivity contribution in [3.63, 3.8) is 0 Å². The van der Waals surface area contributed by atoms with Gasteiger partial charge in [0.15, 0.2) is 0 Å². The van der Waals surface area contributed by atoms with Gasteiger partial charge in [0.1, 0.15) is 5.82 Å². The summed E-state index contributed by atoms with van der Waals surface area (Å²) in [6.07, 6.45) is 2.46. The smallest absolute Gasteiger partial charge is 0.315 e. The predicted molar refractivity (Wildman–Crippen MR) is 78.4 cm³/mol. The zero-order chi connectivity index (χ0) is 14.2. The summed E-state index contributed by atoms with van der Waals surface area (Å²) < 4.78 is 0. The van der Waals surface area contributed by atoms with Gasteiger partial charge >= 0.3 is 6.03 Å². The van der Waals surface area contributed by atoms with Gasteiger partial charge in [-0.15, -0.1) is 0 Å². The van der Waals surface area contributed by atoms with Gasteiger partial charge in [-0.3, -0.25) is 0 Å². The van der Waals surface area contributed by atoms with Crippen LogP contribution in [0.15, 0.2) is 24.3 Å². The molecule has 1 aliphatic carbocycles. The third kappa shape index (κ3) is 2.76. The Morgan fingerprint density at radius 3 is 2.85 bits per heavy atom. The van der Waals surface area contributed by atoms with Crippen molar-refractivity contribution < 1.29 is 4.79 Å². The summed E-state index contributed by atoms with van der Waals surface area (Å²) in [6, 6.07) is 7.72. The summed E-state index contributed by atoms with van der Waals surface area (Å²) in [5.74, 6) is 1.44. The number of amides is 2. The second kappa shape index (κ2) is 4.81. The third-order valence-corrected chi connectivity index (χ3v) is 3.66. The molecule has 0 radical (unpaired) electrons. The van der Waals surface area contributed by atoms with Crippen LogP contribution in [0.3, 0.4) is 0 Å². The Labute approximate surface area is 118 Å². The Bertz CT molecular complexity index is 595. The minimum absolute atomic E-state index is 0.137. The third-order valence-electron chi connectivity index (χ3n) is 3.66. The van der Waals surface area contributed by atoms with E-state index in [1.54, 1.807) is 0 Å². The lowest BCUT2D eigenvalue weighted by atomic mass is 10.1. The fourth-order valence-electron chi connectivity index (χ4n) is 2.20. The predicted octanol–water partition coefficient (Wildman–Crippen LogP) is 2.51. The Morgan fingerprint density at radius 1 is 1.40 bits per heavy atom. The highest BCUT2D eigenvalue weighted by atomic mass is 16.2. The maximum Gasteiger partial charge on any atom is 0.315 e. The molecule has 1 saturated carbocycles. The Balaban J connectivity index is 1.70. The number of hydrogen-bond donors (Lipinski definition) is 3. The molecule has 1 aromatic carbocycles. The molecule has 20 heavy (non-hydrogen) atoms. The van der Waals surface area contributed by atoms with Crippen LogP contribution in [0.2, 0.25) is 0 Å². The molecule has 0 bridgehead atoms. The summed E-state index contributed by atoms with van der Waals surface area (Å²) in [5, 5.41) is 5.89. The van der Waals surface area contributed by atoms with Gasteiger partial charge < -0.3 is 15.6 Å². The lowest BCUT2D eigenvalue weighted by molar-refractivity contribution is 0.228. The molecule has 0 atom stereocenters. The van der Waals surface area contributed by atoms with Gasteiger partial charge in [0.2, 0.25) is 0 Å². The molecule has 1 heterocycles. The zero-order valence-electron chi connectivity index (χ0n) is 11.9. The van der Waals surface area contributed by atoms with Crippen LogP contribution < -0.4 is 10.6 Å². The molecule has 2 amide bonds. The van der Waals surface area contributed by atoms with E-state index in [0.717, 1.165) is 23.4 Å². The van der Waals surface area contributed by atoms with E-state index < -0.39 is 5.54 Å². The molecule has 0 spiro atoms. The minimum Gasteiger partial charge on any atom is -0.340 e. The second-order valence-corrected chi connectivity index (χ2v) is 6.01. The van der Waals surface area contributed by atoms with Crippen LogP contribution in [0.1, 0.15) is 32.5 Å². The lowest BCUT2D eigenvalue weighted by Crippen LogP contribution is -2.47. The first-order valence-electron chi connectivity index (χ1n) is 7.06. The van der Waals surface area contributed by atoms with Crippen molar-refractivity contribution in [3.05, 3.63) is 30.1 Å². The number of nitrogens with one attached hydrogen (secondary N) is 3. The molecule has 3 rings (SSSR count). The van der Waals surface area contributed by atoms with Gasteiger partial charge in [-0.1, -0.05) is 12.1 Å². The maximum atomic E-state index is 11.9.